The summed E-state index contributed by atoms with van der Waals surface area (Å²) >= 11 is 12.1. The van der Waals surface area contributed by atoms with Gasteiger partial charge < -0.3 is 5.32 Å². The molecule has 0 fully saturated rings. The number of rotatable bonds is 7. The highest BCUT2D eigenvalue weighted by Crippen LogP contribution is 2.29. The lowest BCUT2D eigenvalue weighted by molar-refractivity contribution is -0.114. The molecule has 0 aromatic heterocycles. The molecule has 6 nitrogen and oxygen atoms in total. The van der Waals surface area contributed by atoms with Gasteiger partial charge >= 0.3 is 0 Å². The lowest BCUT2D eigenvalue weighted by Gasteiger charge is -2.24. The number of anilines is 2. The van der Waals surface area contributed by atoms with E-state index in [1.165, 1.54) is 43.3 Å². The molecule has 0 saturated carbocycles. The zero-order valence-electron chi connectivity index (χ0n) is 16.4. The van der Waals surface area contributed by atoms with Crippen LogP contribution in [0, 0.1) is 0 Å². The van der Waals surface area contributed by atoms with Gasteiger partial charge in [0, 0.05) is 21.3 Å². The van der Waals surface area contributed by atoms with Crippen molar-refractivity contribution in [3.05, 3.63) is 88.4 Å². The maximum Gasteiger partial charge on any atom is 0.264 e. The summed E-state index contributed by atoms with van der Waals surface area (Å²) in [6.07, 6.45) is 0. The largest absolute Gasteiger partial charge is 0.324 e. The normalized spacial score (nSPS) is 11.1. The molecule has 1 amide bonds. The molecule has 0 aliphatic rings. The molecule has 31 heavy (non-hydrogen) atoms. The minimum atomic E-state index is -4.10. The number of sulfonamides is 1. The van der Waals surface area contributed by atoms with Gasteiger partial charge in [-0.05, 0) is 49.4 Å². The molecule has 0 saturated heterocycles. The standard InChI is InChI=1S/C22H18Cl2N2O4S/c1-15(27)16-6-5-7-19(10-16)25-22(28)14-26(20-12-17(23)11-18(24)13-20)31(29,30)21-8-3-2-4-9-21/h2-13H,14H2,1H3,(H,25,28). The van der Waals surface area contributed by atoms with Crippen LogP contribution in [0.4, 0.5) is 11.4 Å². The van der Waals surface area contributed by atoms with Gasteiger partial charge in [0.15, 0.2) is 5.78 Å². The van der Waals surface area contributed by atoms with Crippen LogP contribution in [0.3, 0.4) is 0 Å². The number of hydrogen-bond donors (Lipinski definition) is 1. The van der Waals surface area contributed by atoms with Gasteiger partial charge in [-0.15, -0.1) is 0 Å². The molecule has 0 aliphatic carbocycles. The number of halogens is 2. The second-order valence-electron chi connectivity index (χ2n) is 6.64. The number of Topliss-reactive ketones (excluding diaryl/α,β-unsaturated/α-hetero) is 1. The van der Waals surface area contributed by atoms with Gasteiger partial charge in [-0.25, -0.2) is 8.42 Å². The molecule has 3 rings (SSSR count). The van der Waals surface area contributed by atoms with Crippen LogP contribution in [0.2, 0.25) is 10.0 Å². The first-order chi connectivity index (χ1) is 14.7. The Kier molecular flexibility index (Phi) is 7.00. The molecule has 0 unspecified atom stereocenters. The minimum absolute atomic E-state index is 0.0116. The topological polar surface area (TPSA) is 83.6 Å². The quantitative estimate of drug-likeness (QED) is 0.484. The molecule has 0 aliphatic heterocycles. The Balaban J connectivity index is 1.96. The van der Waals surface area contributed by atoms with Crippen LogP contribution in [0.25, 0.3) is 0 Å². The molecule has 3 aromatic rings. The SMILES string of the molecule is CC(=O)c1cccc(NC(=O)CN(c2cc(Cl)cc(Cl)c2)S(=O)(=O)c2ccccc2)c1. The van der Waals surface area contributed by atoms with E-state index >= 15 is 0 Å². The summed E-state index contributed by atoms with van der Waals surface area (Å²) < 4.78 is 27.5. The van der Waals surface area contributed by atoms with E-state index in [4.69, 9.17) is 23.2 Å². The summed E-state index contributed by atoms with van der Waals surface area (Å²) in [6, 6.07) is 18.4. The van der Waals surface area contributed by atoms with Crippen molar-refractivity contribution in [3.63, 3.8) is 0 Å². The van der Waals surface area contributed by atoms with E-state index in [1.54, 1.807) is 36.4 Å². The molecule has 160 valence electrons. The maximum absolute atomic E-state index is 13.3. The fraction of sp³-hybridized carbons (Fsp3) is 0.0909. The predicted molar refractivity (Wildman–Crippen MR) is 123 cm³/mol. The average Bonchev–Trinajstić information content (AvgIpc) is 2.72. The van der Waals surface area contributed by atoms with Crippen molar-refractivity contribution in [2.75, 3.05) is 16.2 Å². The fourth-order valence-electron chi connectivity index (χ4n) is 2.86. The molecule has 9 heteroatoms. The van der Waals surface area contributed by atoms with Crippen LogP contribution < -0.4 is 9.62 Å². The monoisotopic (exact) mass is 476 g/mol. The Hall–Kier alpha value is -2.87. The Labute approximate surface area is 190 Å². The van der Waals surface area contributed by atoms with Crippen molar-refractivity contribution in [3.8, 4) is 0 Å². The second kappa shape index (κ2) is 9.51. The predicted octanol–water partition coefficient (Wildman–Crippen LogP) is 5.03. The van der Waals surface area contributed by atoms with Gasteiger partial charge in [-0.1, -0.05) is 53.5 Å². The fourth-order valence-corrected chi connectivity index (χ4v) is 4.81. The number of hydrogen-bond acceptors (Lipinski definition) is 4. The number of nitrogens with one attached hydrogen (secondary N) is 1. The smallest absolute Gasteiger partial charge is 0.264 e. The average molecular weight is 477 g/mol. The highest BCUT2D eigenvalue weighted by molar-refractivity contribution is 7.92. The zero-order chi connectivity index (χ0) is 22.6. The molecule has 1 N–H and O–H groups in total. The Morgan fingerprint density at radius 3 is 2.16 bits per heavy atom. The first kappa shape index (κ1) is 22.8. The lowest BCUT2D eigenvalue weighted by atomic mass is 10.1. The lowest BCUT2D eigenvalue weighted by Crippen LogP contribution is -2.38. The van der Waals surface area contributed by atoms with Crippen LogP contribution in [-0.4, -0.2) is 26.7 Å². The second-order valence-corrected chi connectivity index (χ2v) is 9.37. The van der Waals surface area contributed by atoms with Gasteiger partial charge in [-0.3, -0.25) is 13.9 Å². The number of carbonyl (C=O) groups is 2. The molecule has 0 bridgehead atoms. The number of nitrogens with zero attached hydrogens (tertiary/aromatic N) is 1. The number of carbonyl (C=O) groups excluding carboxylic acids is 2. The van der Waals surface area contributed by atoms with Crippen molar-refractivity contribution in [2.24, 2.45) is 0 Å². The molecular weight excluding hydrogens is 459 g/mol. The molecule has 0 atom stereocenters. The minimum Gasteiger partial charge on any atom is -0.324 e. The van der Waals surface area contributed by atoms with Crippen LogP contribution in [0.15, 0.2) is 77.7 Å². The summed E-state index contributed by atoms with van der Waals surface area (Å²) in [5.74, 6) is -0.755. The molecule has 0 heterocycles. The third kappa shape index (κ3) is 5.64. The van der Waals surface area contributed by atoms with Crippen molar-refractivity contribution in [2.45, 2.75) is 11.8 Å². The van der Waals surface area contributed by atoms with Gasteiger partial charge in [0.25, 0.3) is 10.0 Å². The first-order valence-electron chi connectivity index (χ1n) is 9.11. The van der Waals surface area contributed by atoms with E-state index < -0.39 is 22.5 Å². The number of ketones is 1. The zero-order valence-corrected chi connectivity index (χ0v) is 18.7. The van der Waals surface area contributed by atoms with Crippen molar-refractivity contribution < 1.29 is 18.0 Å². The summed E-state index contributed by atoms with van der Waals surface area (Å²) in [6.45, 7) is 0.885. The Morgan fingerprint density at radius 1 is 0.903 bits per heavy atom. The summed E-state index contributed by atoms with van der Waals surface area (Å²) in [4.78, 5) is 24.3. The molecular formula is C22H18Cl2N2O4S. The number of benzene rings is 3. The highest BCUT2D eigenvalue weighted by atomic mass is 35.5. The van der Waals surface area contributed by atoms with Gasteiger partial charge in [0.1, 0.15) is 6.54 Å². The van der Waals surface area contributed by atoms with E-state index in [0.29, 0.717) is 11.3 Å². The van der Waals surface area contributed by atoms with E-state index in [2.05, 4.69) is 5.32 Å². The Bertz CT molecular complexity index is 1210. The Morgan fingerprint density at radius 2 is 1.55 bits per heavy atom. The number of amides is 1. The maximum atomic E-state index is 13.3. The molecule has 3 aromatic carbocycles. The van der Waals surface area contributed by atoms with Crippen molar-refractivity contribution in [1.29, 1.82) is 0 Å². The van der Waals surface area contributed by atoms with Gasteiger partial charge in [0.2, 0.25) is 5.91 Å². The van der Waals surface area contributed by atoms with Crippen LogP contribution in [-0.2, 0) is 14.8 Å². The molecule has 0 radical (unpaired) electrons. The summed E-state index contributed by atoms with van der Waals surface area (Å²) in [7, 11) is -4.10. The van der Waals surface area contributed by atoms with Crippen LogP contribution in [0.5, 0.6) is 0 Å². The van der Waals surface area contributed by atoms with E-state index in [1.807, 2.05) is 0 Å². The summed E-state index contributed by atoms with van der Waals surface area (Å²) in [5, 5.41) is 3.08. The highest BCUT2D eigenvalue weighted by Gasteiger charge is 2.27. The first-order valence-corrected chi connectivity index (χ1v) is 11.3. The third-order valence-corrected chi connectivity index (χ3v) is 6.53. The van der Waals surface area contributed by atoms with E-state index in [0.717, 1.165) is 4.31 Å². The van der Waals surface area contributed by atoms with Crippen LogP contribution >= 0.6 is 23.2 Å². The third-order valence-electron chi connectivity index (χ3n) is 4.31. The molecule has 0 spiro atoms. The van der Waals surface area contributed by atoms with E-state index in [-0.39, 0.29) is 26.4 Å². The van der Waals surface area contributed by atoms with Crippen molar-refractivity contribution >= 4 is 56.3 Å². The van der Waals surface area contributed by atoms with Crippen LogP contribution in [0.1, 0.15) is 17.3 Å². The summed E-state index contributed by atoms with van der Waals surface area (Å²) in [5.41, 5.74) is 0.945. The van der Waals surface area contributed by atoms with E-state index in [9.17, 15) is 18.0 Å². The van der Waals surface area contributed by atoms with Gasteiger partial charge in [-0.2, -0.15) is 0 Å². The van der Waals surface area contributed by atoms with Gasteiger partial charge in [0.05, 0.1) is 10.6 Å². The van der Waals surface area contributed by atoms with Crippen molar-refractivity contribution in [1.82, 2.24) is 0 Å².